The highest BCUT2D eigenvalue weighted by Crippen LogP contribution is 2.40. The molecular formula is C18H19N3O4S. The molecule has 136 valence electrons. The van der Waals surface area contributed by atoms with Crippen LogP contribution in [0.2, 0.25) is 0 Å². The van der Waals surface area contributed by atoms with E-state index in [2.05, 4.69) is 15.0 Å². The first kappa shape index (κ1) is 17.9. The minimum atomic E-state index is -0.683. The quantitative estimate of drug-likeness (QED) is 0.631. The van der Waals surface area contributed by atoms with Gasteiger partial charge in [-0.2, -0.15) is 0 Å². The maximum absolute atomic E-state index is 12.1. The molecule has 1 unspecified atom stereocenters. The second-order valence-electron chi connectivity index (χ2n) is 5.79. The molecule has 1 aliphatic rings. The second-order valence-corrected chi connectivity index (χ2v) is 6.90. The molecule has 0 aliphatic heterocycles. The molecule has 1 atom stereocenters. The van der Waals surface area contributed by atoms with Crippen molar-refractivity contribution in [3.05, 3.63) is 46.6 Å². The Labute approximate surface area is 154 Å². The molecule has 26 heavy (non-hydrogen) atoms. The zero-order valence-electron chi connectivity index (χ0n) is 14.2. The van der Waals surface area contributed by atoms with Crippen LogP contribution in [-0.2, 0) is 27.1 Å². The Bertz CT molecular complexity index is 832. The number of hydrogen-bond donors (Lipinski definition) is 2. The van der Waals surface area contributed by atoms with E-state index in [4.69, 9.17) is 10.5 Å². The number of carbonyl (C=O) groups excluding carboxylic acids is 2. The molecule has 8 heteroatoms. The van der Waals surface area contributed by atoms with Crippen LogP contribution < -0.4 is 11.1 Å². The summed E-state index contributed by atoms with van der Waals surface area (Å²) >= 11 is 1.42. The van der Waals surface area contributed by atoms with E-state index < -0.39 is 6.16 Å². The molecule has 2 heterocycles. The van der Waals surface area contributed by atoms with Crippen molar-refractivity contribution in [2.24, 2.45) is 0 Å². The first-order valence-electron chi connectivity index (χ1n) is 8.10. The third-order valence-electron chi connectivity index (χ3n) is 4.04. The van der Waals surface area contributed by atoms with Crippen LogP contribution in [0.15, 0.2) is 30.6 Å². The number of anilines is 2. The SMILES string of the molecule is COC(=O)OC1CCc2c(sc(NC(=O)/C=C/c3cccnc3)c2N)C1. The molecule has 3 N–H and O–H groups in total. The highest BCUT2D eigenvalue weighted by molar-refractivity contribution is 7.17. The number of thiophene rings is 1. The van der Waals surface area contributed by atoms with Crippen LogP contribution in [0.5, 0.6) is 0 Å². The molecule has 1 aliphatic carbocycles. The summed E-state index contributed by atoms with van der Waals surface area (Å²) in [5.74, 6) is -0.262. The van der Waals surface area contributed by atoms with E-state index in [0.717, 1.165) is 16.0 Å². The van der Waals surface area contributed by atoms with E-state index in [1.165, 1.54) is 24.5 Å². The lowest BCUT2D eigenvalue weighted by atomic mass is 9.95. The monoisotopic (exact) mass is 373 g/mol. The average Bonchev–Trinajstić information content (AvgIpc) is 2.95. The first-order chi connectivity index (χ1) is 12.6. The lowest BCUT2D eigenvalue weighted by molar-refractivity contribution is -0.111. The lowest BCUT2D eigenvalue weighted by Crippen LogP contribution is -2.24. The fraction of sp³-hybridized carbons (Fsp3) is 0.278. The summed E-state index contributed by atoms with van der Waals surface area (Å²) in [4.78, 5) is 28.4. The Hall–Kier alpha value is -2.87. The Balaban J connectivity index is 1.66. The summed E-state index contributed by atoms with van der Waals surface area (Å²) in [7, 11) is 1.28. The summed E-state index contributed by atoms with van der Waals surface area (Å²) in [6.45, 7) is 0. The van der Waals surface area contributed by atoms with E-state index in [1.807, 2.05) is 6.07 Å². The molecule has 0 saturated heterocycles. The van der Waals surface area contributed by atoms with Gasteiger partial charge in [0, 0.05) is 29.8 Å². The van der Waals surface area contributed by atoms with Crippen molar-refractivity contribution >= 4 is 40.2 Å². The number of rotatable bonds is 4. The molecule has 0 aromatic carbocycles. The van der Waals surface area contributed by atoms with Gasteiger partial charge in [-0.05, 0) is 36.1 Å². The molecular weight excluding hydrogens is 354 g/mol. The maximum Gasteiger partial charge on any atom is 0.508 e. The number of fused-ring (bicyclic) bond motifs is 1. The second kappa shape index (κ2) is 8.01. The maximum atomic E-state index is 12.1. The minimum absolute atomic E-state index is 0.234. The molecule has 3 rings (SSSR count). The van der Waals surface area contributed by atoms with E-state index in [9.17, 15) is 9.59 Å². The zero-order chi connectivity index (χ0) is 18.5. The number of hydrogen-bond acceptors (Lipinski definition) is 7. The van der Waals surface area contributed by atoms with Gasteiger partial charge >= 0.3 is 6.16 Å². The highest BCUT2D eigenvalue weighted by atomic mass is 32.1. The Morgan fingerprint density at radius 3 is 3.04 bits per heavy atom. The Morgan fingerprint density at radius 2 is 2.31 bits per heavy atom. The first-order valence-corrected chi connectivity index (χ1v) is 8.92. The van der Waals surface area contributed by atoms with Crippen LogP contribution in [0, 0.1) is 0 Å². The zero-order valence-corrected chi connectivity index (χ0v) is 15.0. The number of nitrogens with one attached hydrogen (secondary N) is 1. The van der Waals surface area contributed by atoms with Crippen molar-refractivity contribution in [2.75, 3.05) is 18.2 Å². The lowest BCUT2D eigenvalue weighted by Gasteiger charge is -2.21. The van der Waals surface area contributed by atoms with Crippen molar-refractivity contribution in [3.63, 3.8) is 0 Å². The smallest absolute Gasteiger partial charge is 0.438 e. The number of methoxy groups -OCH3 is 1. The number of carbonyl (C=O) groups is 2. The Kier molecular flexibility index (Phi) is 5.52. The van der Waals surface area contributed by atoms with Gasteiger partial charge in [0.15, 0.2) is 0 Å². The van der Waals surface area contributed by atoms with Gasteiger partial charge in [-0.25, -0.2) is 4.79 Å². The summed E-state index contributed by atoms with van der Waals surface area (Å²) in [5, 5.41) is 3.44. The number of nitrogens with zero attached hydrogens (tertiary/aromatic N) is 1. The number of pyridine rings is 1. The fourth-order valence-electron chi connectivity index (χ4n) is 2.76. The van der Waals surface area contributed by atoms with Gasteiger partial charge in [0.05, 0.1) is 12.8 Å². The van der Waals surface area contributed by atoms with E-state index in [1.54, 1.807) is 24.5 Å². The number of amides is 1. The van der Waals surface area contributed by atoms with Gasteiger partial charge in [-0.1, -0.05) is 6.07 Å². The van der Waals surface area contributed by atoms with Gasteiger partial charge in [0.25, 0.3) is 0 Å². The van der Waals surface area contributed by atoms with Crippen molar-refractivity contribution in [1.82, 2.24) is 4.98 Å². The van der Waals surface area contributed by atoms with Gasteiger partial charge in [-0.3, -0.25) is 9.78 Å². The van der Waals surface area contributed by atoms with E-state index in [-0.39, 0.29) is 12.0 Å². The number of ether oxygens (including phenoxy) is 2. The van der Waals surface area contributed by atoms with Crippen molar-refractivity contribution in [1.29, 1.82) is 0 Å². The molecule has 0 spiro atoms. The van der Waals surface area contributed by atoms with E-state index >= 15 is 0 Å². The Morgan fingerprint density at radius 1 is 1.46 bits per heavy atom. The van der Waals surface area contributed by atoms with Gasteiger partial charge in [0.1, 0.15) is 11.1 Å². The van der Waals surface area contributed by atoms with Crippen LogP contribution in [0.3, 0.4) is 0 Å². The van der Waals surface area contributed by atoms with Gasteiger partial charge < -0.3 is 20.5 Å². The third-order valence-corrected chi connectivity index (χ3v) is 5.22. The third kappa shape index (κ3) is 4.20. The molecule has 0 bridgehead atoms. The largest absolute Gasteiger partial charge is 0.508 e. The standard InChI is InChI=1S/C18H19N3O4S/c1-24-18(23)25-12-5-6-13-14(9-12)26-17(16(13)19)21-15(22)7-4-11-3-2-8-20-10-11/h2-4,7-8,10,12H,5-6,9,19H2,1H3,(H,21,22)/b7-4+. The number of nitrogens with two attached hydrogens (primary N) is 1. The summed E-state index contributed by atoms with van der Waals surface area (Å²) < 4.78 is 9.75. The van der Waals surface area contributed by atoms with Crippen LogP contribution in [0.25, 0.3) is 6.08 Å². The molecule has 2 aromatic rings. The average molecular weight is 373 g/mol. The van der Waals surface area contributed by atoms with Crippen LogP contribution in [-0.4, -0.2) is 30.3 Å². The molecule has 0 radical (unpaired) electrons. The number of nitrogen functional groups attached to an aromatic ring is 1. The van der Waals surface area contributed by atoms with Crippen molar-refractivity contribution < 1.29 is 19.1 Å². The van der Waals surface area contributed by atoms with Crippen LogP contribution in [0.1, 0.15) is 22.4 Å². The predicted molar refractivity (Wildman–Crippen MR) is 99.9 cm³/mol. The normalized spacial score (nSPS) is 16.1. The van der Waals surface area contributed by atoms with Crippen LogP contribution >= 0.6 is 11.3 Å². The summed E-state index contributed by atoms with van der Waals surface area (Å²) in [5.41, 5.74) is 8.63. The topological polar surface area (TPSA) is 104 Å². The van der Waals surface area contributed by atoms with Gasteiger partial charge in [-0.15, -0.1) is 11.3 Å². The molecule has 7 nitrogen and oxygen atoms in total. The fourth-order valence-corrected chi connectivity index (χ4v) is 3.99. The summed E-state index contributed by atoms with van der Waals surface area (Å²) in [6.07, 6.45) is 7.50. The molecule has 2 aromatic heterocycles. The van der Waals surface area contributed by atoms with Crippen LogP contribution in [0.4, 0.5) is 15.5 Å². The molecule has 1 amide bonds. The van der Waals surface area contributed by atoms with Gasteiger partial charge in [0.2, 0.25) is 5.91 Å². The van der Waals surface area contributed by atoms with E-state index in [0.29, 0.717) is 30.0 Å². The minimum Gasteiger partial charge on any atom is -0.438 e. The van der Waals surface area contributed by atoms with Crippen molar-refractivity contribution in [3.8, 4) is 0 Å². The molecule has 0 fully saturated rings. The highest BCUT2D eigenvalue weighted by Gasteiger charge is 2.27. The predicted octanol–water partition coefficient (Wildman–Crippen LogP) is 3.02. The molecule has 0 saturated carbocycles. The van der Waals surface area contributed by atoms with Crippen molar-refractivity contribution in [2.45, 2.75) is 25.4 Å². The summed E-state index contributed by atoms with van der Waals surface area (Å²) in [6, 6.07) is 3.66. The number of aromatic nitrogens is 1.